The van der Waals surface area contributed by atoms with Crippen LogP contribution in [0.25, 0.3) is 0 Å². The van der Waals surface area contributed by atoms with E-state index in [1.807, 2.05) is 6.92 Å². The molecule has 1 aromatic carbocycles. The Kier molecular flexibility index (Phi) is 9.85. The number of hydrogen-bond donors (Lipinski definition) is 2. The second kappa shape index (κ2) is 11.9. The fourth-order valence-corrected chi connectivity index (χ4v) is 2.58. The molecule has 0 spiro atoms. The molecule has 142 valence electrons. The maximum absolute atomic E-state index is 12.3. The molecule has 2 amide bonds. The molecule has 9 heteroatoms. The molecule has 0 bridgehead atoms. The molecule has 0 aromatic heterocycles. The van der Waals surface area contributed by atoms with E-state index in [9.17, 15) is 19.2 Å². The molecule has 26 heavy (non-hydrogen) atoms. The molecular formula is C17H22N2O6S. The van der Waals surface area contributed by atoms with Gasteiger partial charge in [0, 0.05) is 11.3 Å². The number of ether oxygens (including phenoxy) is 2. The van der Waals surface area contributed by atoms with Crippen molar-refractivity contribution < 1.29 is 28.7 Å². The van der Waals surface area contributed by atoms with Crippen molar-refractivity contribution in [3.05, 3.63) is 29.8 Å². The number of amides is 2. The van der Waals surface area contributed by atoms with E-state index in [4.69, 9.17) is 4.74 Å². The predicted octanol–water partition coefficient (Wildman–Crippen LogP) is 1.10. The van der Waals surface area contributed by atoms with Crippen LogP contribution in [0, 0.1) is 0 Å². The van der Waals surface area contributed by atoms with Crippen LogP contribution in [0.5, 0.6) is 0 Å². The van der Waals surface area contributed by atoms with E-state index in [1.54, 1.807) is 24.3 Å². The first-order chi connectivity index (χ1) is 12.5. The van der Waals surface area contributed by atoms with Gasteiger partial charge in [0.15, 0.2) is 0 Å². The van der Waals surface area contributed by atoms with Gasteiger partial charge in [-0.05, 0) is 18.6 Å². The van der Waals surface area contributed by atoms with Crippen LogP contribution in [-0.2, 0) is 23.9 Å². The molecule has 2 N–H and O–H groups in total. The van der Waals surface area contributed by atoms with Gasteiger partial charge in [0.1, 0.15) is 12.5 Å². The van der Waals surface area contributed by atoms with E-state index in [-0.39, 0.29) is 25.0 Å². The van der Waals surface area contributed by atoms with E-state index in [0.29, 0.717) is 23.3 Å². The Morgan fingerprint density at radius 2 is 1.77 bits per heavy atom. The van der Waals surface area contributed by atoms with Crippen LogP contribution >= 0.6 is 11.8 Å². The highest BCUT2D eigenvalue weighted by Crippen LogP contribution is 2.22. The minimum Gasteiger partial charge on any atom is -0.468 e. The molecule has 0 saturated heterocycles. The first kappa shape index (κ1) is 21.5. The van der Waals surface area contributed by atoms with Gasteiger partial charge in [-0.15, -0.1) is 0 Å². The summed E-state index contributed by atoms with van der Waals surface area (Å²) in [5, 5.41) is 4.80. The van der Waals surface area contributed by atoms with Crippen LogP contribution in [-0.4, -0.2) is 49.9 Å². The first-order valence-corrected chi connectivity index (χ1v) is 8.95. The van der Waals surface area contributed by atoms with Crippen molar-refractivity contribution in [3.63, 3.8) is 0 Å². The Hall–Kier alpha value is -2.55. The fourth-order valence-electron chi connectivity index (χ4n) is 1.78. The van der Waals surface area contributed by atoms with Gasteiger partial charge in [-0.1, -0.05) is 30.8 Å². The molecule has 1 aromatic rings. The highest BCUT2D eigenvalue weighted by atomic mass is 32.2. The van der Waals surface area contributed by atoms with Crippen molar-refractivity contribution in [1.82, 2.24) is 10.6 Å². The first-order valence-electron chi connectivity index (χ1n) is 7.97. The van der Waals surface area contributed by atoms with Gasteiger partial charge in [0.25, 0.3) is 5.91 Å². The van der Waals surface area contributed by atoms with Gasteiger partial charge in [-0.25, -0.2) is 0 Å². The van der Waals surface area contributed by atoms with Gasteiger partial charge in [0.05, 0.1) is 19.2 Å². The van der Waals surface area contributed by atoms with Gasteiger partial charge < -0.3 is 20.1 Å². The molecule has 0 atom stereocenters. The third-order valence-electron chi connectivity index (χ3n) is 3.09. The lowest BCUT2D eigenvalue weighted by Gasteiger charge is -2.10. The Balaban J connectivity index is 2.52. The van der Waals surface area contributed by atoms with Crippen molar-refractivity contribution in [3.8, 4) is 0 Å². The number of benzene rings is 1. The molecule has 0 fully saturated rings. The number of hydrogen-bond acceptors (Lipinski definition) is 7. The van der Waals surface area contributed by atoms with E-state index in [0.717, 1.165) is 0 Å². The van der Waals surface area contributed by atoms with Crippen molar-refractivity contribution in [2.45, 2.75) is 24.7 Å². The topological polar surface area (TPSA) is 111 Å². The summed E-state index contributed by atoms with van der Waals surface area (Å²) in [6, 6.07) is 6.79. The number of carbonyl (C=O) groups is 4. The number of methoxy groups -OCH3 is 1. The summed E-state index contributed by atoms with van der Waals surface area (Å²) >= 11 is 1.22. The van der Waals surface area contributed by atoms with Crippen LogP contribution in [0.1, 0.15) is 30.1 Å². The normalized spacial score (nSPS) is 9.92. The molecular weight excluding hydrogens is 360 g/mol. The number of thioether (sulfide) groups is 1. The van der Waals surface area contributed by atoms with Crippen LogP contribution in [0.15, 0.2) is 29.2 Å². The molecule has 0 unspecified atom stereocenters. The zero-order valence-corrected chi connectivity index (χ0v) is 15.5. The zero-order chi connectivity index (χ0) is 19.4. The number of nitrogens with one attached hydrogen (secondary N) is 2. The fraction of sp³-hybridized carbons (Fsp3) is 0.412. The Morgan fingerprint density at radius 1 is 1.04 bits per heavy atom. The predicted molar refractivity (Wildman–Crippen MR) is 95.5 cm³/mol. The van der Waals surface area contributed by atoms with Gasteiger partial charge in [-0.2, -0.15) is 0 Å². The minimum absolute atomic E-state index is 0.0999. The molecule has 1 rings (SSSR count). The zero-order valence-electron chi connectivity index (χ0n) is 14.7. The Labute approximate surface area is 156 Å². The monoisotopic (exact) mass is 382 g/mol. The Morgan fingerprint density at radius 3 is 2.46 bits per heavy atom. The summed E-state index contributed by atoms with van der Waals surface area (Å²) in [6.07, 6.45) is 1.06. The lowest BCUT2D eigenvalue weighted by molar-refractivity contribution is -0.141. The smallest absolute Gasteiger partial charge is 0.325 e. The van der Waals surface area contributed by atoms with E-state index >= 15 is 0 Å². The maximum atomic E-state index is 12.3. The third kappa shape index (κ3) is 8.02. The van der Waals surface area contributed by atoms with E-state index in [2.05, 4.69) is 15.4 Å². The maximum Gasteiger partial charge on any atom is 0.325 e. The summed E-state index contributed by atoms with van der Waals surface area (Å²) in [6.45, 7) is 1.34. The molecule has 0 heterocycles. The van der Waals surface area contributed by atoms with E-state index in [1.165, 1.54) is 18.9 Å². The number of esters is 2. The molecule has 0 aliphatic heterocycles. The molecule has 8 nitrogen and oxygen atoms in total. The SMILES string of the molecule is CCCC(=O)OCSc1ccccc1C(=O)NCC(=O)NCC(=O)OC. The lowest BCUT2D eigenvalue weighted by Crippen LogP contribution is -2.39. The van der Waals surface area contributed by atoms with Crippen LogP contribution < -0.4 is 10.6 Å². The Bertz CT molecular complexity index is 650. The van der Waals surface area contributed by atoms with Crippen LogP contribution in [0.3, 0.4) is 0 Å². The van der Waals surface area contributed by atoms with Crippen molar-refractivity contribution in [2.75, 3.05) is 26.1 Å². The van der Waals surface area contributed by atoms with Gasteiger partial charge >= 0.3 is 11.9 Å². The van der Waals surface area contributed by atoms with Crippen molar-refractivity contribution in [1.29, 1.82) is 0 Å². The summed E-state index contributed by atoms with van der Waals surface area (Å²) in [7, 11) is 1.21. The highest BCUT2D eigenvalue weighted by molar-refractivity contribution is 7.99. The van der Waals surface area contributed by atoms with Crippen molar-refractivity contribution >= 4 is 35.5 Å². The van der Waals surface area contributed by atoms with Crippen molar-refractivity contribution in [2.24, 2.45) is 0 Å². The second-order valence-corrected chi connectivity index (χ2v) is 6.02. The second-order valence-electron chi connectivity index (χ2n) is 5.06. The third-order valence-corrected chi connectivity index (χ3v) is 3.99. The molecule has 0 saturated carbocycles. The molecule has 0 aliphatic rings. The average Bonchev–Trinajstić information content (AvgIpc) is 2.64. The largest absolute Gasteiger partial charge is 0.468 e. The molecule has 0 radical (unpaired) electrons. The quantitative estimate of drug-likeness (QED) is 0.354. The van der Waals surface area contributed by atoms with Crippen LogP contribution in [0.2, 0.25) is 0 Å². The summed E-state index contributed by atoms with van der Waals surface area (Å²) in [5.74, 6) is -1.72. The summed E-state index contributed by atoms with van der Waals surface area (Å²) < 4.78 is 9.47. The van der Waals surface area contributed by atoms with Gasteiger partial charge in [-0.3, -0.25) is 19.2 Å². The van der Waals surface area contributed by atoms with Gasteiger partial charge in [0.2, 0.25) is 5.91 Å². The number of carbonyl (C=O) groups excluding carboxylic acids is 4. The lowest BCUT2D eigenvalue weighted by atomic mass is 10.2. The number of rotatable bonds is 10. The highest BCUT2D eigenvalue weighted by Gasteiger charge is 2.13. The standard InChI is InChI=1S/C17H22N2O6S/c1-3-6-15(21)25-11-26-13-8-5-4-7-12(13)17(23)19-9-14(20)18-10-16(22)24-2/h4-5,7-8H,3,6,9-11H2,1-2H3,(H,18,20)(H,19,23). The summed E-state index contributed by atoms with van der Waals surface area (Å²) in [5.41, 5.74) is 0.366. The van der Waals surface area contributed by atoms with Crippen LogP contribution in [0.4, 0.5) is 0 Å². The minimum atomic E-state index is -0.580. The molecule has 0 aliphatic carbocycles. The summed E-state index contributed by atoms with van der Waals surface area (Å²) in [4.78, 5) is 46.8. The average molecular weight is 382 g/mol. The van der Waals surface area contributed by atoms with E-state index < -0.39 is 17.8 Å².